The molecular formula is C26H22N2O3S. The third-order valence-corrected chi connectivity index (χ3v) is 5.97. The van der Waals surface area contributed by atoms with Gasteiger partial charge in [0.05, 0.1) is 17.7 Å². The van der Waals surface area contributed by atoms with Gasteiger partial charge in [-0.1, -0.05) is 72.0 Å². The summed E-state index contributed by atoms with van der Waals surface area (Å²) in [4.78, 5) is 30.6. The largest absolute Gasteiger partial charge is 0.497 e. The summed E-state index contributed by atoms with van der Waals surface area (Å²) < 4.78 is 5.11. The van der Waals surface area contributed by atoms with Crippen molar-refractivity contribution < 1.29 is 14.3 Å². The number of methoxy groups -OCH3 is 1. The normalized spacial score (nSPS) is 10.5. The number of amides is 1. The number of nitrogens with zero attached hydrogens (tertiary/aromatic N) is 1. The first-order valence-electron chi connectivity index (χ1n) is 10.2. The maximum atomic E-state index is 12.5. The lowest BCUT2D eigenvalue weighted by atomic mass is 10.1. The zero-order valence-electron chi connectivity index (χ0n) is 17.6. The molecule has 0 unspecified atom stereocenters. The molecule has 0 aliphatic carbocycles. The second kappa shape index (κ2) is 10.0. The van der Waals surface area contributed by atoms with E-state index in [0.29, 0.717) is 16.4 Å². The minimum atomic E-state index is -0.236. The molecule has 1 N–H and O–H groups in total. The summed E-state index contributed by atoms with van der Waals surface area (Å²) >= 11 is 1.43. The van der Waals surface area contributed by atoms with Crippen LogP contribution in [0.5, 0.6) is 5.75 Å². The standard InChI is InChI=1S/C26H22N2O3S/c1-31-21-14-12-18(13-15-21)22(29)16-17-23(30)27-26-28-24(19-8-4-2-5-9-19)25(32-26)20-10-6-3-7-11-20/h2-15H,16-17H2,1H3,(H,27,28,30). The monoisotopic (exact) mass is 442 g/mol. The molecule has 0 aliphatic heterocycles. The number of ketones is 1. The zero-order chi connectivity index (χ0) is 22.3. The molecule has 4 rings (SSSR count). The van der Waals surface area contributed by atoms with E-state index in [0.717, 1.165) is 21.7 Å². The van der Waals surface area contributed by atoms with Gasteiger partial charge < -0.3 is 10.1 Å². The number of thiazole rings is 1. The number of aromatic nitrogens is 1. The van der Waals surface area contributed by atoms with Gasteiger partial charge in [-0.15, -0.1) is 0 Å². The highest BCUT2D eigenvalue weighted by Gasteiger charge is 2.17. The summed E-state index contributed by atoms with van der Waals surface area (Å²) in [6.45, 7) is 0. The minimum Gasteiger partial charge on any atom is -0.497 e. The molecule has 160 valence electrons. The maximum absolute atomic E-state index is 12.5. The molecule has 1 aromatic heterocycles. The third-order valence-electron chi connectivity index (χ3n) is 4.95. The van der Waals surface area contributed by atoms with Crippen molar-refractivity contribution in [2.24, 2.45) is 0 Å². The van der Waals surface area contributed by atoms with Crippen LogP contribution in [-0.2, 0) is 4.79 Å². The van der Waals surface area contributed by atoms with E-state index in [4.69, 9.17) is 4.74 Å². The number of carbonyl (C=O) groups is 2. The van der Waals surface area contributed by atoms with Gasteiger partial charge in [-0.25, -0.2) is 4.98 Å². The van der Waals surface area contributed by atoms with Crippen molar-refractivity contribution in [1.29, 1.82) is 0 Å². The number of rotatable bonds is 8. The quantitative estimate of drug-likeness (QED) is 0.335. The lowest BCUT2D eigenvalue weighted by molar-refractivity contribution is -0.116. The van der Waals surface area contributed by atoms with Gasteiger partial charge in [0.2, 0.25) is 5.91 Å². The van der Waals surface area contributed by atoms with E-state index in [9.17, 15) is 9.59 Å². The molecule has 0 spiro atoms. The average Bonchev–Trinajstić information content (AvgIpc) is 3.27. The fourth-order valence-electron chi connectivity index (χ4n) is 3.28. The topological polar surface area (TPSA) is 68.3 Å². The third kappa shape index (κ3) is 5.10. The molecular weight excluding hydrogens is 420 g/mol. The van der Waals surface area contributed by atoms with Crippen LogP contribution < -0.4 is 10.1 Å². The molecule has 0 saturated heterocycles. The first-order valence-corrected chi connectivity index (χ1v) is 11.0. The highest BCUT2D eigenvalue weighted by atomic mass is 32.1. The molecule has 3 aromatic carbocycles. The van der Waals surface area contributed by atoms with Gasteiger partial charge >= 0.3 is 0 Å². The van der Waals surface area contributed by atoms with Crippen LogP contribution in [0.2, 0.25) is 0 Å². The second-order valence-electron chi connectivity index (χ2n) is 7.13. The summed E-state index contributed by atoms with van der Waals surface area (Å²) in [7, 11) is 1.58. The highest BCUT2D eigenvalue weighted by molar-refractivity contribution is 7.19. The van der Waals surface area contributed by atoms with Gasteiger partial charge in [0.25, 0.3) is 0 Å². The Kier molecular flexibility index (Phi) is 6.72. The lowest BCUT2D eigenvalue weighted by Crippen LogP contribution is -2.13. The Hall–Kier alpha value is -3.77. The van der Waals surface area contributed by atoms with E-state index in [1.54, 1.807) is 31.4 Å². The molecule has 4 aromatic rings. The Morgan fingerprint density at radius 2 is 1.47 bits per heavy atom. The first kappa shape index (κ1) is 21.5. The van der Waals surface area contributed by atoms with Crippen molar-refractivity contribution in [3.63, 3.8) is 0 Å². The van der Waals surface area contributed by atoms with Gasteiger partial charge in [-0.3, -0.25) is 9.59 Å². The van der Waals surface area contributed by atoms with Gasteiger partial charge in [0, 0.05) is 24.0 Å². The van der Waals surface area contributed by atoms with Crippen LogP contribution >= 0.6 is 11.3 Å². The Labute approximate surface area is 190 Å². The van der Waals surface area contributed by atoms with E-state index in [1.807, 2.05) is 60.7 Å². The smallest absolute Gasteiger partial charge is 0.226 e. The zero-order valence-corrected chi connectivity index (χ0v) is 18.4. The molecule has 32 heavy (non-hydrogen) atoms. The van der Waals surface area contributed by atoms with Crippen molar-refractivity contribution in [3.05, 3.63) is 90.5 Å². The predicted octanol–water partition coefficient (Wildman–Crippen LogP) is 6.09. The highest BCUT2D eigenvalue weighted by Crippen LogP contribution is 2.38. The van der Waals surface area contributed by atoms with Crippen LogP contribution in [0.3, 0.4) is 0 Å². The predicted molar refractivity (Wildman–Crippen MR) is 128 cm³/mol. The Balaban J connectivity index is 1.47. The van der Waals surface area contributed by atoms with Crippen LogP contribution in [0.25, 0.3) is 21.7 Å². The van der Waals surface area contributed by atoms with Gasteiger partial charge in [0.1, 0.15) is 5.75 Å². The minimum absolute atomic E-state index is 0.0862. The fourth-order valence-corrected chi connectivity index (χ4v) is 4.29. The molecule has 0 bridgehead atoms. The summed E-state index contributed by atoms with van der Waals surface area (Å²) in [5.41, 5.74) is 3.41. The number of anilines is 1. The molecule has 0 atom stereocenters. The Bertz CT molecular complexity index is 1150. The summed E-state index contributed by atoms with van der Waals surface area (Å²) in [5.74, 6) is 0.364. The summed E-state index contributed by atoms with van der Waals surface area (Å²) in [6, 6.07) is 26.8. The molecule has 6 heteroatoms. The molecule has 5 nitrogen and oxygen atoms in total. The van der Waals surface area contributed by atoms with Gasteiger partial charge in [-0.2, -0.15) is 0 Å². The van der Waals surface area contributed by atoms with Crippen LogP contribution in [0.1, 0.15) is 23.2 Å². The van der Waals surface area contributed by atoms with Crippen LogP contribution in [0, 0.1) is 0 Å². The number of benzene rings is 3. The number of carbonyl (C=O) groups excluding carboxylic acids is 2. The van der Waals surface area contributed by atoms with Crippen molar-refractivity contribution in [1.82, 2.24) is 4.98 Å². The van der Waals surface area contributed by atoms with Gasteiger partial charge in [0.15, 0.2) is 10.9 Å². The van der Waals surface area contributed by atoms with E-state index in [2.05, 4.69) is 10.3 Å². The number of Topliss-reactive ketones (excluding diaryl/α,β-unsaturated/α-hetero) is 1. The first-order chi connectivity index (χ1) is 15.6. The molecule has 0 fully saturated rings. The van der Waals surface area contributed by atoms with Crippen molar-refractivity contribution in [3.8, 4) is 27.4 Å². The molecule has 1 heterocycles. The van der Waals surface area contributed by atoms with E-state index in [-0.39, 0.29) is 24.5 Å². The van der Waals surface area contributed by atoms with Crippen LogP contribution in [0.4, 0.5) is 5.13 Å². The number of nitrogens with one attached hydrogen (secondary N) is 1. The van der Waals surface area contributed by atoms with E-state index in [1.165, 1.54) is 11.3 Å². The van der Waals surface area contributed by atoms with Crippen molar-refractivity contribution >= 4 is 28.2 Å². The SMILES string of the molecule is COc1ccc(C(=O)CCC(=O)Nc2nc(-c3ccccc3)c(-c3ccccc3)s2)cc1. The molecule has 0 radical (unpaired) electrons. The van der Waals surface area contributed by atoms with Crippen LogP contribution in [0.15, 0.2) is 84.9 Å². The fraction of sp³-hybridized carbons (Fsp3) is 0.115. The van der Waals surface area contributed by atoms with Crippen molar-refractivity contribution in [2.45, 2.75) is 12.8 Å². The van der Waals surface area contributed by atoms with Crippen molar-refractivity contribution in [2.75, 3.05) is 12.4 Å². The van der Waals surface area contributed by atoms with Gasteiger partial charge in [-0.05, 0) is 29.8 Å². The van der Waals surface area contributed by atoms with E-state index < -0.39 is 0 Å². The maximum Gasteiger partial charge on any atom is 0.226 e. The van der Waals surface area contributed by atoms with Crippen LogP contribution in [-0.4, -0.2) is 23.8 Å². The Morgan fingerprint density at radius 3 is 2.09 bits per heavy atom. The Morgan fingerprint density at radius 1 is 0.844 bits per heavy atom. The lowest BCUT2D eigenvalue weighted by Gasteiger charge is -2.03. The second-order valence-corrected chi connectivity index (χ2v) is 8.13. The van der Waals surface area contributed by atoms with E-state index >= 15 is 0 Å². The number of hydrogen-bond donors (Lipinski definition) is 1. The molecule has 0 aliphatic rings. The summed E-state index contributed by atoms with van der Waals surface area (Å²) in [6.07, 6.45) is 0.215. The molecule has 1 amide bonds. The summed E-state index contributed by atoms with van der Waals surface area (Å²) in [5, 5.41) is 3.38. The number of hydrogen-bond acceptors (Lipinski definition) is 5. The molecule has 0 saturated carbocycles. The number of ether oxygens (including phenoxy) is 1. The average molecular weight is 443 g/mol.